The summed E-state index contributed by atoms with van der Waals surface area (Å²) in [4.78, 5) is 0. The van der Waals surface area contributed by atoms with Crippen LogP contribution in [0.2, 0.25) is 0 Å². The van der Waals surface area contributed by atoms with Gasteiger partial charge in [0.15, 0.2) is 0 Å². The monoisotopic (exact) mass is 164 g/mol. The SMILES string of the molecule is CCCCCCC.[CH2-]C(C)C.[Li+]. The molecule has 0 saturated heterocycles. The first-order chi connectivity index (χ1) is 5.15. The van der Waals surface area contributed by atoms with Gasteiger partial charge in [-0.25, -0.2) is 0 Å². The number of rotatable bonds is 4. The Morgan fingerprint density at radius 3 is 1.33 bits per heavy atom. The van der Waals surface area contributed by atoms with Crippen molar-refractivity contribution in [2.24, 2.45) is 5.92 Å². The van der Waals surface area contributed by atoms with E-state index in [1.54, 1.807) is 0 Å². The molecule has 0 aromatic heterocycles. The molecule has 0 aliphatic carbocycles. The van der Waals surface area contributed by atoms with Crippen molar-refractivity contribution in [3.05, 3.63) is 6.92 Å². The molecule has 0 aliphatic heterocycles. The molecular weight excluding hydrogens is 139 g/mol. The molecule has 0 amide bonds. The zero-order chi connectivity index (χ0) is 9.11. The summed E-state index contributed by atoms with van der Waals surface area (Å²) in [6, 6.07) is 0. The van der Waals surface area contributed by atoms with E-state index in [9.17, 15) is 0 Å². The predicted molar refractivity (Wildman–Crippen MR) is 54.6 cm³/mol. The molecule has 0 rings (SSSR count). The zero-order valence-electron chi connectivity index (χ0n) is 9.82. The Hall–Kier alpha value is 0.597. The maximum absolute atomic E-state index is 3.64. The van der Waals surface area contributed by atoms with Gasteiger partial charge in [0.25, 0.3) is 0 Å². The van der Waals surface area contributed by atoms with Gasteiger partial charge in [-0.05, 0) is 0 Å². The summed E-state index contributed by atoms with van der Waals surface area (Å²) in [5, 5.41) is 0. The van der Waals surface area contributed by atoms with Crippen molar-refractivity contribution in [3.8, 4) is 0 Å². The molecule has 0 spiro atoms. The van der Waals surface area contributed by atoms with E-state index in [0.29, 0.717) is 5.92 Å². The minimum atomic E-state index is 0. The van der Waals surface area contributed by atoms with Gasteiger partial charge in [0.1, 0.15) is 0 Å². The normalized spacial score (nSPS) is 8.50. The smallest absolute Gasteiger partial charge is 0.341 e. The van der Waals surface area contributed by atoms with Crippen LogP contribution in [-0.4, -0.2) is 0 Å². The van der Waals surface area contributed by atoms with Gasteiger partial charge in [-0.1, -0.05) is 59.8 Å². The molecule has 1 heteroatoms. The molecule has 0 nitrogen and oxygen atoms in total. The number of hydrogen-bond acceptors (Lipinski definition) is 0. The molecule has 0 aromatic rings. The van der Waals surface area contributed by atoms with Crippen LogP contribution in [0.1, 0.15) is 59.8 Å². The fourth-order valence-corrected chi connectivity index (χ4v) is 0.677. The fraction of sp³-hybridized carbons (Fsp3) is 0.909. The molecule has 70 valence electrons. The van der Waals surface area contributed by atoms with Gasteiger partial charge >= 0.3 is 18.9 Å². The Kier molecular flexibility index (Phi) is 27.0. The van der Waals surface area contributed by atoms with Crippen LogP contribution in [0.4, 0.5) is 0 Å². The van der Waals surface area contributed by atoms with Crippen molar-refractivity contribution in [3.63, 3.8) is 0 Å². The zero-order valence-corrected chi connectivity index (χ0v) is 9.82. The third-order valence-corrected chi connectivity index (χ3v) is 1.21. The summed E-state index contributed by atoms with van der Waals surface area (Å²) in [6.07, 6.45) is 7.01. The van der Waals surface area contributed by atoms with Crippen LogP contribution in [0.3, 0.4) is 0 Å². The first kappa shape index (κ1) is 18.4. The van der Waals surface area contributed by atoms with Gasteiger partial charge in [0.2, 0.25) is 0 Å². The van der Waals surface area contributed by atoms with Crippen LogP contribution in [0, 0.1) is 12.8 Å². The van der Waals surface area contributed by atoms with Crippen molar-refractivity contribution in [1.29, 1.82) is 0 Å². The number of hydrogen-bond donors (Lipinski definition) is 0. The number of unbranched alkanes of at least 4 members (excludes halogenated alkanes) is 4. The first-order valence-electron chi connectivity index (χ1n) is 4.98. The molecule has 0 aromatic carbocycles. The van der Waals surface area contributed by atoms with Crippen molar-refractivity contribution < 1.29 is 18.9 Å². The third-order valence-electron chi connectivity index (χ3n) is 1.21. The molecule has 0 atom stereocenters. The van der Waals surface area contributed by atoms with Crippen molar-refractivity contribution in [2.75, 3.05) is 0 Å². The van der Waals surface area contributed by atoms with Crippen molar-refractivity contribution in [1.82, 2.24) is 0 Å². The van der Waals surface area contributed by atoms with E-state index < -0.39 is 0 Å². The van der Waals surface area contributed by atoms with E-state index in [4.69, 9.17) is 0 Å². The molecule has 0 bridgehead atoms. The van der Waals surface area contributed by atoms with Gasteiger partial charge < -0.3 is 6.92 Å². The second-order valence-corrected chi connectivity index (χ2v) is 3.45. The summed E-state index contributed by atoms with van der Waals surface area (Å²) in [5.41, 5.74) is 0. The molecule has 12 heavy (non-hydrogen) atoms. The van der Waals surface area contributed by atoms with Crippen LogP contribution in [0.15, 0.2) is 0 Å². The maximum Gasteiger partial charge on any atom is 1.00 e. The van der Waals surface area contributed by atoms with Crippen LogP contribution in [0.5, 0.6) is 0 Å². The van der Waals surface area contributed by atoms with E-state index in [1.165, 1.54) is 32.1 Å². The quantitative estimate of drug-likeness (QED) is 0.335. The van der Waals surface area contributed by atoms with E-state index in [0.717, 1.165) is 0 Å². The van der Waals surface area contributed by atoms with Gasteiger partial charge in [-0.3, -0.25) is 0 Å². The second-order valence-electron chi connectivity index (χ2n) is 3.45. The summed E-state index contributed by atoms with van der Waals surface area (Å²) < 4.78 is 0. The van der Waals surface area contributed by atoms with Crippen molar-refractivity contribution in [2.45, 2.75) is 59.8 Å². The Balaban J connectivity index is -0.000000142. The minimum absolute atomic E-state index is 0. The molecule has 0 aliphatic rings. The Morgan fingerprint density at radius 2 is 1.17 bits per heavy atom. The van der Waals surface area contributed by atoms with Gasteiger partial charge in [-0.15, -0.1) is 0 Å². The van der Waals surface area contributed by atoms with E-state index in [-0.39, 0.29) is 18.9 Å². The fourth-order valence-electron chi connectivity index (χ4n) is 0.677. The van der Waals surface area contributed by atoms with E-state index >= 15 is 0 Å². The molecule has 0 fully saturated rings. The Labute approximate surface area is 91.7 Å². The maximum atomic E-state index is 3.64. The Bertz CT molecular complexity index is 44.2. The van der Waals surface area contributed by atoms with Crippen LogP contribution < -0.4 is 18.9 Å². The van der Waals surface area contributed by atoms with Gasteiger partial charge in [0, 0.05) is 0 Å². The average molecular weight is 164 g/mol. The van der Waals surface area contributed by atoms with Crippen molar-refractivity contribution >= 4 is 0 Å². The van der Waals surface area contributed by atoms with Gasteiger partial charge in [0.05, 0.1) is 0 Å². The van der Waals surface area contributed by atoms with Crippen LogP contribution >= 0.6 is 0 Å². The van der Waals surface area contributed by atoms with Crippen LogP contribution in [0.25, 0.3) is 0 Å². The third kappa shape index (κ3) is 46.2. The first-order valence-corrected chi connectivity index (χ1v) is 4.98. The molecule has 0 N–H and O–H groups in total. The summed E-state index contributed by atoms with van der Waals surface area (Å²) >= 11 is 0. The molecule has 0 unspecified atom stereocenters. The summed E-state index contributed by atoms with van der Waals surface area (Å²) in [6.45, 7) is 12.2. The second kappa shape index (κ2) is 17.6. The molecule has 0 heterocycles. The van der Waals surface area contributed by atoms with Gasteiger partial charge in [-0.2, -0.15) is 5.92 Å². The molecule has 0 radical (unpaired) electrons. The summed E-state index contributed by atoms with van der Waals surface area (Å²) in [5.74, 6) is 0.583. The van der Waals surface area contributed by atoms with Crippen LogP contribution in [-0.2, 0) is 0 Å². The summed E-state index contributed by atoms with van der Waals surface area (Å²) in [7, 11) is 0. The Morgan fingerprint density at radius 1 is 0.917 bits per heavy atom. The topological polar surface area (TPSA) is 0 Å². The standard InChI is InChI=1S/C7H16.C4H9.Li/c1-3-5-7-6-4-2;1-4(2)3;/h3-7H2,1-2H3;4H,1H2,2-3H3;/q;-1;+1. The molecule has 0 saturated carbocycles. The van der Waals surface area contributed by atoms with E-state index in [2.05, 4.69) is 34.6 Å². The van der Waals surface area contributed by atoms with E-state index in [1.807, 2.05) is 0 Å². The molecular formula is C11H25Li. The minimum Gasteiger partial charge on any atom is -0.341 e. The predicted octanol–water partition coefficient (Wildman–Crippen LogP) is 1.46. The largest absolute Gasteiger partial charge is 1.00 e. The average Bonchev–Trinajstić information content (AvgIpc) is 1.88.